The van der Waals surface area contributed by atoms with Gasteiger partial charge >= 0.3 is 0 Å². The van der Waals surface area contributed by atoms with Crippen molar-refractivity contribution in [2.75, 3.05) is 0 Å². The van der Waals surface area contributed by atoms with Gasteiger partial charge in [0.15, 0.2) is 0 Å². The molecule has 1 rings (SSSR count). The lowest BCUT2D eigenvalue weighted by Gasteiger charge is -2.09. The van der Waals surface area contributed by atoms with Crippen LogP contribution in [0.25, 0.3) is 0 Å². The molecule has 0 aromatic heterocycles. The molecule has 82 valence electrons. The van der Waals surface area contributed by atoms with Crippen molar-refractivity contribution in [1.82, 2.24) is 0 Å². The Kier molecular flexibility index (Phi) is 10.2. The molecular weight excluding hydrogens is 168 g/mol. The molecule has 0 saturated heterocycles. The third-order valence-electron chi connectivity index (χ3n) is 2.17. The molecule has 1 aliphatic rings. The summed E-state index contributed by atoms with van der Waals surface area (Å²) in [6, 6.07) is 0. The van der Waals surface area contributed by atoms with Crippen molar-refractivity contribution >= 4 is 0 Å². The van der Waals surface area contributed by atoms with E-state index < -0.39 is 0 Å². The number of hydrogen-bond acceptors (Lipinski definition) is 0. The molecular formula is C14H26. The maximum absolute atomic E-state index is 2.42. The predicted octanol–water partition coefficient (Wildman–Crippen LogP) is 5.26. The number of allylic oxidation sites excluding steroid dienone is 4. The van der Waals surface area contributed by atoms with E-state index in [0.29, 0.717) is 0 Å². The zero-order valence-electron chi connectivity index (χ0n) is 10.2. The van der Waals surface area contributed by atoms with Crippen LogP contribution in [0.1, 0.15) is 65.7 Å². The van der Waals surface area contributed by atoms with Crippen LogP contribution >= 0.6 is 0 Å². The van der Waals surface area contributed by atoms with Gasteiger partial charge in [-0.15, -0.1) is 0 Å². The van der Waals surface area contributed by atoms with Crippen LogP contribution in [0.15, 0.2) is 23.8 Å². The summed E-state index contributed by atoms with van der Waals surface area (Å²) in [5.74, 6) is 0. The van der Waals surface area contributed by atoms with Crippen LogP contribution in [0.4, 0.5) is 0 Å². The Morgan fingerprint density at radius 3 is 2.36 bits per heavy atom. The molecule has 0 aliphatic heterocycles. The summed E-state index contributed by atoms with van der Waals surface area (Å²) in [6.07, 6.45) is 16.1. The van der Waals surface area contributed by atoms with E-state index in [9.17, 15) is 0 Å². The van der Waals surface area contributed by atoms with Crippen LogP contribution in [-0.4, -0.2) is 0 Å². The molecule has 0 unspecified atom stereocenters. The Morgan fingerprint density at radius 2 is 1.86 bits per heavy atom. The van der Waals surface area contributed by atoms with E-state index in [0.717, 1.165) is 0 Å². The quantitative estimate of drug-likeness (QED) is 0.538. The fourth-order valence-corrected chi connectivity index (χ4v) is 1.49. The van der Waals surface area contributed by atoms with Crippen LogP contribution in [0.5, 0.6) is 0 Å². The normalized spacial score (nSPS) is 16.1. The van der Waals surface area contributed by atoms with Gasteiger partial charge in [-0.05, 0) is 38.5 Å². The average Bonchev–Trinajstić information content (AvgIpc) is 2.21. The van der Waals surface area contributed by atoms with Gasteiger partial charge in [-0.2, -0.15) is 0 Å². The minimum Gasteiger partial charge on any atom is -0.0885 e. The van der Waals surface area contributed by atoms with Gasteiger partial charge in [0.05, 0.1) is 0 Å². The second kappa shape index (κ2) is 10.6. The molecule has 0 radical (unpaired) electrons. The highest BCUT2D eigenvalue weighted by Crippen LogP contribution is 2.20. The van der Waals surface area contributed by atoms with Gasteiger partial charge in [0, 0.05) is 0 Å². The van der Waals surface area contributed by atoms with Crippen molar-refractivity contribution in [2.45, 2.75) is 65.7 Å². The molecule has 1 aliphatic carbocycles. The summed E-state index contributed by atoms with van der Waals surface area (Å²) in [6.45, 7) is 6.44. The first-order chi connectivity index (χ1) is 6.85. The largest absolute Gasteiger partial charge is 0.0885 e. The van der Waals surface area contributed by atoms with Gasteiger partial charge in [0.25, 0.3) is 0 Å². The first kappa shape index (κ1) is 13.5. The van der Waals surface area contributed by atoms with Gasteiger partial charge < -0.3 is 0 Å². The fourth-order valence-electron chi connectivity index (χ4n) is 1.49. The van der Waals surface area contributed by atoms with Crippen molar-refractivity contribution in [1.29, 1.82) is 0 Å². The van der Waals surface area contributed by atoms with Crippen LogP contribution in [-0.2, 0) is 0 Å². The zero-order valence-corrected chi connectivity index (χ0v) is 10.2. The Hall–Kier alpha value is -0.520. The van der Waals surface area contributed by atoms with Gasteiger partial charge in [-0.25, -0.2) is 0 Å². The summed E-state index contributed by atoms with van der Waals surface area (Å²) in [5, 5.41) is 0. The zero-order chi connectivity index (χ0) is 10.6. The van der Waals surface area contributed by atoms with Crippen molar-refractivity contribution in [3.63, 3.8) is 0 Å². The first-order valence-corrected chi connectivity index (χ1v) is 6.18. The molecule has 0 aromatic carbocycles. The SMILES string of the molecule is CC/C=C/CC1=CCCCC1.CCC. The molecule has 0 aromatic rings. The lowest BCUT2D eigenvalue weighted by molar-refractivity contribution is 0.691. The van der Waals surface area contributed by atoms with Crippen molar-refractivity contribution in [2.24, 2.45) is 0 Å². The molecule has 0 bridgehead atoms. The molecule has 0 amide bonds. The average molecular weight is 194 g/mol. The Morgan fingerprint density at radius 1 is 1.14 bits per heavy atom. The molecule has 0 heterocycles. The molecule has 0 atom stereocenters. The fraction of sp³-hybridized carbons (Fsp3) is 0.714. The second-order valence-electron chi connectivity index (χ2n) is 3.90. The van der Waals surface area contributed by atoms with Gasteiger partial charge in [0.1, 0.15) is 0 Å². The minimum absolute atomic E-state index is 1.17. The minimum atomic E-state index is 1.17. The highest BCUT2D eigenvalue weighted by Gasteiger charge is 2.00. The molecule has 0 N–H and O–H groups in total. The molecule has 0 spiro atoms. The van der Waals surface area contributed by atoms with E-state index in [1.54, 1.807) is 5.57 Å². The van der Waals surface area contributed by atoms with Crippen LogP contribution in [0, 0.1) is 0 Å². The Labute approximate surface area is 90.1 Å². The topological polar surface area (TPSA) is 0 Å². The third kappa shape index (κ3) is 8.10. The Balaban J connectivity index is 0.000000500. The smallest absolute Gasteiger partial charge is 0.0139 e. The predicted molar refractivity (Wildman–Crippen MR) is 66.6 cm³/mol. The van der Waals surface area contributed by atoms with Crippen LogP contribution in [0.3, 0.4) is 0 Å². The molecule has 0 nitrogen and oxygen atoms in total. The molecule has 0 saturated carbocycles. The highest BCUT2D eigenvalue weighted by atomic mass is 14.1. The number of hydrogen-bond donors (Lipinski definition) is 0. The highest BCUT2D eigenvalue weighted by molar-refractivity contribution is 5.09. The van der Waals surface area contributed by atoms with Crippen molar-refractivity contribution < 1.29 is 0 Å². The third-order valence-corrected chi connectivity index (χ3v) is 2.17. The summed E-state index contributed by atoms with van der Waals surface area (Å²) < 4.78 is 0. The van der Waals surface area contributed by atoms with E-state index >= 15 is 0 Å². The van der Waals surface area contributed by atoms with Gasteiger partial charge in [0.2, 0.25) is 0 Å². The van der Waals surface area contributed by atoms with E-state index in [1.165, 1.54) is 44.9 Å². The molecule has 0 heteroatoms. The summed E-state index contributed by atoms with van der Waals surface area (Å²) in [7, 11) is 0. The summed E-state index contributed by atoms with van der Waals surface area (Å²) in [5.41, 5.74) is 1.65. The maximum Gasteiger partial charge on any atom is -0.0139 e. The second-order valence-corrected chi connectivity index (χ2v) is 3.90. The Bertz CT molecular complexity index is 163. The number of rotatable bonds is 3. The molecule has 14 heavy (non-hydrogen) atoms. The van der Waals surface area contributed by atoms with Crippen LogP contribution < -0.4 is 0 Å². The monoisotopic (exact) mass is 194 g/mol. The van der Waals surface area contributed by atoms with Gasteiger partial charge in [-0.3, -0.25) is 0 Å². The van der Waals surface area contributed by atoms with E-state index in [2.05, 4.69) is 39.0 Å². The summed E-state index contributed by atoms with van der Waals surface area (Å²) in [4.78, 5) is 0. The summed E-state index contributed by atoms with van der Waals surface area (Å²) >= 11 is 0. The molecule has 0 fully saturated rings. The standard InChI is InChI=1S/C11H18.C3H8/c1-2-3-5-8-11-9-6-4-7-10-11;1-3-2/h3,5,9H,2,4,6-8,10H2,1H3;3H2,1-2H3/b5-3+;. The first-order valence-electron chi connectivity index (χ1n) is 6.18. The van der Waals surface area contributed by atoms with Crippen LogP contribution in [0.2, 0.25) is 0 Å². The van der Waals surface area contributed by atoms with Crippen molar-refractivity contribution in [3.8, 4) is 0 Å². The lowest BCUT2D eigenvalue weighted by atomic mass is 9.97. The van der Waals surface area contributed by atoms with Gasteiger partial charge in [-0.1, -0.05) is 51.0 Å². The van der Waals surface area contributed by atoms with E-state index in [1.807, 2.05) is 0 Å². The maximum atomic E-state index is 2.42. The van der Waals surface area contributed by atoms with E-state index in [-0.39, 0.29) is 0 Å². The lowest BCUT2D eigenvalue weighted by Crippen LogP contribution is -1.89. The van der Waals surface area contributed by atoms with Crippen molar-refractivity contribution in [3.05, 3.63) is 23.8 Å². The van der Waals surface area contributed by atoms with E-state index in [4.69, 9.17) is 0 Å².